The fourth-order valence-electron chi connectivity index (χ4n) is 1.95. The van der Waals surface area contributed by atoms with Crippen molar-refractivity contribution in [3.8, 4) is 11.8 Å². The van der Waals surface area contributed by atoms with Crippen molar-refractivity contribution in [3.63, 3.8) is 0 Å². The summed E-state index contributed by atoms with van der Waals surface area (Å²) in [6, 6.07) is 3.53. The number of pyridine rings is 1. The number of nitrogens with zero attached hydrogens (tertiary/aromatic N) is 2. The van der Waals surface area contributed by atoms with Crippen LogP contribution in [-0.2, 0) is 16.1 Å². The molecule has 0 aliphatic carbocycles. The van der Waals surface area contributed by atoms with Crippen LogP contribution in [0.25, 0.3) is 0 Å². The van der Waals surface area contributed by atoms with Gasteiger partial charge in [0.15, 0.2) is 12.0 Å². The summed E-state index contributed by atoms with van der Waals surface area (Å²) in [5, 5.41) is 18.0. The molecular formula is C14H18N2O4. The third kappa shape index (κ3) is 4.17. The molecule has 1 aromatic rings. The van der Waals surface area contributed by atoms with Crippen LogP contribution in [-0.4, -0.2) is 36.2 Å². The molecule has 0 saturated carbocycles. The SMILES string of the molecule is N#Cc1cc(CO)ncc1OCCOC1CCCCO1. The summed E-state index contributed by atoms with van der Waals surface area (Å²) in [6.07, 6.45) is 4.43. The quantitative estimate of drug-likeness (QED) is 0.791. The van der Waals surface area contributed by atoms with E-state index in [1.165, 1.54) is 12.3 Å². The Hall–Kier alpha value is -1.68. The van der Waals surface area contributed by atoms with Gasteiger partial charge in [0, 0.05) is 6.61 Å². The van der Waals surface area contributed by atoms with Crippen molar-refractivity contribution >= 4 is 0 Å². The first kappa shape index (κ1) is 14.7. The number of aliphatic hydroxyl groups is 1. The molecule has 0 radical (unpaired) electrons. The van der Waals surface area contributed by atoms with Gasteiger partial charge in [-0.3, -0.25) is 4.98 Å². The Bertz CT molecular complexity index is 467. The van der Waals surface area contributed by atoms with Crippen LogP contribution in [0.1, 0.15) is 30.5 Å². The lowest BCUT2D eigenvalue weighted by Gasteiger charge is -2.22. The number of rotatable bonds is 6. The zero-order valence-corrected chi connectivity index (χ0v) is 11.2. The Balaban J connectivity index is 1.77. The second-order valence-electron chi connectivity index (χ2n) is 4.46. The Kier molecular flexibility index (Phi) is 5.74. The van der Waals surface area contributed by atoms with E-state index >= 15 is 0 Å². The molecule has 6 heteroatoms. The first-order valence-electron chi connectivity index (χ1n) is 6.69. The molecule has 1 aliphatic rings. The van der Waals surface area contributed by atoms with Gasteiger partial charge in [-0.1, -0.05) is 0 Å². The normalized spacial score (nSPS) is 18.5. The molecule has 1 unspecified atom stereocenters. The molecule has 1 aromatic heterocycles. The van der Waals surface area contributed by atoms with Crippen LogP contribution in [0.3, 0.4) is 0 Å². The molecule has 0 spiro atoms. The van der Waals surface area contributed by atoms with Crippen LogP contribution in [0.5, 0.6) is 5.75 Å². The Morgan fingerprint density at radius 3 is 3.05 bits per heavy atom. The van der Waals surface area contributed by atoms with E-state index in [1.54, 1.807) is 0 Å². The highest BCUT2D eigenvalue weighted by Gasteiger charge is 2.13. The lowest BCUT2D eigenvalue weighted by molar-refractivity contribution is -0.165. The molecule has 1 aliphatic heterocycles. The van der Waals surface area contributed by atoms with Crippen molar-refractivity contribution < 1.29 is 19.3 Å². The zero-order valence-electron chi connectivity index (χ0n) is 11.2. The zero-order chi connectivity index (χ0) is 14.2. The minimum absolute atomic E-state index is 0.141. The number of hydrogen-bond donors (Lipinski definition) is 1. The molecule has 20 heavy (non-hydrogen) atoms. The van der Waals surface area contributed by atoms with Gasteiger partial charge in [-0.2, -0.15) is 5.26 Å². The maximum absolute atomic E-state index is 9.01. The van der Waals surface area contributed by atoms with Gasteiger partial charge in [0.1, 0.15) is 12.7 Å². The summed E-state index contributed by atoms with van der Waals surface area (Å²) in [5.41, 5.74) is 0.804. The molecule has 2 rings (SSSR count). The number of aromatic nitrogens is 1. The number of aliphatic hydroxyl groups excluding tert-OH is 1. The smallest absolute Gasteiger partial charge is 0.157 e. The molecule has 0 aromatic carbocycles. The van der Waals surface area contributed by atoms with Gasteiger partial charge in [0.05, 0.1) is 30.7 Å². The summed E-state index contributed by atoms with van der Waals surface area (Å²) < 4.78 is 16.4. The van der Waals surface area contributed by atoms with Gasteiger partial charge < -0.3 is 19.3 Å². The van der Waals surface area contributed by atoms with Crippen LogP contribution >= 0.6 is 0 Å². The number of ether oxygens (including phenoxy) is 3. The van der Waals surface area contributed by atoms with E-state index in [0.717, 1.165) is 25.9 Å². The summed E-state index contributed by atoms with van der Waals surface area (Å²) in [6.45, 7) is 1.28. The second kappa shape index (κ2) is 7.80. The van der Waals surface area contributed by atoms with Crippen molar-refractivity contribution in [2.24, 2.45) is 0 Å². The fourth-order valence-corrected chi connectivity index (χ4v) is 1.95. The van der Waals surface area contributed by atoms with E-state index in [9.17, 15) is 0 Å². The molecule has 6 nitrogen and oxygen atoms in total. The van der Waals surface area contributed by atoms with E-state index in [2.05, 4.69) is 4.98 Å². The average molecular weight is 278 g/mol. The Morgan fingerprint density at radius 1 is 1.45 bits per heavy atom. The van der Waals surface area contributed by atoms with E-state index < -0.39 is 0 Å². The van der Waals surface area contributed by atoms with Crippen molar-refractivity contribution in [2.75, 3.05) is 19.8 Å². The van der Waals surface area contributed by atoms with Crippen molar-refractivity contribution in [1.29, 1.82) is 5.26 Å². The van der Waals surface area contributed by atoms with E-state index in [1.807, 2.05) is 6.07 Å². The molecule has 1 fully saturated rings. The van der Waals surface area contributed by atoms with Crippen LogP contribution in [0, 0.1) is 11.3 Å². The molecule has 2 heterocycles. The highest BCUT2D eigenvalue weighted by molar-refractivity contribution is 5.42. The van der Waals surface area contributed by atoms with Crippen LogP contribution in [0.15, 0.2) is 12.3 Å². The van der Waals surface area contributed by atoms with E-state index in [-0.39, 0.29) is 12.9 Å². The summed E-state index contributed by atoms with van der Waals surface area (Å²) in [7, 11) is 0. The average Bonchev–Trinajstić information content (AvgIpc) is 2.52. The molecule has 1 atom stereocenters. The predicted molar refractivity (Wildman–Crippen MR) is 69.9 cm³/mol. The van der Waals surface area contributed by atoms with Gasteiger partial charge >= 0.3 is 0 Å². The second-order valence-corrected chi connectivity index (χ2v) is 4.46. The summed E-state index contributed by atoms with van der Waals surface area (Å²) in [5.74, 6) is 0.401. The molecule has 1 N–H and O–H groups in total. The largest absolute Gasteiger partial charge is 0.488 e. The van der Waals surface area contributed by atoms with Gasteiger partial charge in [-0.05, 0) is 25.3 Å². The standard InChI is InChI=1S/C14H18N2O4/c15-8-11-7-12(10-17)16-9-13(11)18-5-6-20-14-3-1-2-4-19-14/h7,9,14,17H,1-6,10H2. The summed E-state index contributed by atoms with van der Waals surface area (Å²) in [4.78, 5) is 3.98. The van der Waals surface area contributed by atoms with Crippen molar-refractivity contribution in [3.05, 3.63) is 23.5 Å². The predicted octanol–water partition coefficient (Wildman–Crippen LogP) is 1.37. The molecule has 108 valence electrons. The lowest BCUT2D eigenvalue weighted by atomic mass is 10.2. The molecule has 1 saturated heterocycles. The third-order valence-electron chi connectivity index (χ3n) is 2.99. The van der Waals surface area contributed by atoms with Crippen LogP contribution < -0.4 is 4.74 Å². The molecule has 0 amide bonds. The van der Waals surface area contributed by atoms with Gasteiger partial charge in [-0.25, -0.2) is 0 Å². The van der Waals surface area contributed by atoms with E-state index in [4.69, 9.17) is 24.6 Å². The van der Waals surface area contributed by atoms with E-state index in [0.29, 0.717) is 30.2 Å². The maximum atomic E-state index is 9.01. The van der Waals surface area contributed by atoms with Crippen LogP contribution in [0.2, 0.25) is 0 Å². The number of hydrogen-bond acceptors (Lipinski definition) is 6. The number of nitriles is 1. The highest BCUT2D eigenvalue weighted by Crippen LogP contribution is 2.17. The van der Waals surface area contributed by atoms with Gasteiger partial charge in [0.2, 0.25) is 0 Å². The lowest BCUT2D eigenvalue weighted by Crippen LogP contribution is -2.24. The first-order chi connectivity index (χ1) is 9.83. The Morgan fingerprint density at radius 2 is 2.35 bits per heavy atom. The summed E-state index contributed by atoms with van der Waals surface area (Å²) >= 11 is 0. The fraction of sp³-hybridized carbons (Fsp3) is 0.571. The van der Waals surface area contributed by atoms with Crippen LogP contribution in [0.4, 0.5) is 0 Å². The first-order valence-corrected chi connectivity index (χ1v) is 6.69. The third-order valence-corrected chi connectivity index (χ3v) is 2.99. The maximum Gasteiger partial charge on any atom is 0.157 e. The van der Waals surface area contributed by atoms with Gasteiger partial charge in [0.25, 0.3) is 0 Å². The Labute approximate surface area is 117 Å². The van der Waals surface area contributed by atoms with Gasteiger partial charge in [-0.15, -0.1) is 0 Å². The highest BCUT2D eigenvalue weighted by atomic mass is 16.7. The molecule has 0 bridgehead atoms. The molecular weight excluding hydrogens is 260 g/mol. The topological polar surface area (TPSA) is 84.6 Å². The van der Waals surface area contributed by atoms with Crippen molar-refractivity contribution in [1.82, 2.24) is 4.98 Å². The minimum atomic E-state index is -0.197. The monoisotopic (exact) mass is 278 g/mol. The van der Waals surface area contributed by atoms with Crippen molar-refractivity contribution in [2.45, 2.75) is 32.2 Å². The minimum Gasteiger partial charge on any atom is -0.488 e.